The van der Waals surface area contributed by atoms with Crippen molar-refractivity contribution in [3.8, 4) is 22.3 Å². The second-order valence-corrected chi connectivity index (χ2v) is 9.25. The van der Waals surface area contributed by atoms with Gasteiger partial charge in [0, 0.05) is 84.8 Å². The zero-order chi connectivity index (χ0) is 22.5. The van der Waals surface area contributed by atoms with E-state index in [4.69, 9.17) is 10.7 Å². The molecule has 0 amide bonds. The fourth-order valence-electron chi connectivity index (χ4n) is 5.62. The van der Waals surface area contributed by atoms with Crippen molar-refractivity contribution >= 4 is 17.5 Å². The number of aromatic nitrogens is 5. The van der Waals surface area contributed by atoms with E-state index < -0.39 is 0 Å². The Labute approximate surface area is 192 Å². The van der Waals surface area contributed by atoms with Crippen LogP contribution in [-0.2, 0) is 7.05 Å². The summed E-state index contributed by atoms with van der Waals surface area (Å²) in [6.45, 7) is 0. The van der Waals surface area contributed by atoms with E-state index in [2.05, 4.69) is 38.3 Å². The van der Waals surface area contributed by atoms with Gasteiger partial charge in [0.25, 0.3) is 0 Å². The molecule has 8 nitrogen and oxygen atoms in total. The molecule has 2 bridgehead atoms. The van der Waals surface area contributed by atoms with Crippen LogP contribution in [0.2, 0.25) is 0 Å². The van der Waals surface area contributed by atoms with Crippen molar-refractivity contribution in [1.29, 1.82) is 0 Å². The Morgan fingerprint density at radius 2 is 1.82 bits per heavy atom. The molecule has 3 atom stereocenters. The van der Waals surface area contributed by atoms with E-state index in [9.17, 15) is 0 Å². The van der Waals surface area contributed by atoms with Gasteiger partial charge in [0.2, 0.25) is 0 Å². The van der Waals surface area contributed by atoms with Gasteiger partial charge in [-0.2, -0.15) is 10.2 Å². The molecule has 0 aromatic carbocycles. The van der Waals surface area contributed by atoms with Gasteiger partial charge < -0.3 is 10.6 Å². The minimum absolute atomic E-state index is 0.321. The van der Waals surface area contributed by atoms with Crippen LogP contribution < -0.4 is 10.6 Å². The SMILES string of the molecule is C/N=C\c1cnn2cc(-c3cnn(C)c3)cc(-c3ccc(N4C5CC[C@@H]4CC(N)C5)nc3)c12. The lowest BCUT2D eigenvalue weighted by molar-refractivity contribution is 0.412. The van der Waals surface area contributed by atoms with Crippen molar-refractivity contribution in [1.82, 2.24) is 24.4 Å². The molecular weight excluding hydrogens is 412 g/mol. The molecular formula is C25H28N8. The van der Waals surface area contributed by atoms with E-state index in [0.29, 0.717) is 18.1 Å². The van der Waals surface area contributed by atoms with Crippen LogP contribution >= 0.6 is 0 Å². The van der Waals surface area contributed by atoms with Gasteiger partial charge in [0.05, 0.1) is 17.9 Å². The number of aryl methyl sites for hydroxylation is 1. The van der Waals surface area contributed by atoms with Crippen molar-refractivity contribution in [2.24, 2.45) is 17.8 Å². The van der Waals surface area contributed by atoms with Gasteiger partial charge >= 0.3 is 0 Å². The first kappa shape index (κ1) is 20.1. The molecule has 0 saturated carbocycles. The summed E-state index contributed by atoms with van der Waals surface area (Å²) in [5.41, 5.74) is 12.5. The number of nitrogens with zero attached hydrogens (tertiary/aromatic N) is 7. The quantitative estimate of drug-likeness (QED) is 0.492. The zero-order valence-corrected chi connectivity index (χ0v) is 19.0. The smallest absolute Gasteiger partial charge is 0.129 e. The largest absolute Gasteiger partial charge is 0.351 e. The van der Waals surface area contributed by atoms with Gasteiger partial charge in [-0.1, -0.05) is 0 Å². The lowest BCUT2D eigenvalue weighted by Gasteiger charge is -2.38. The van der Waals surface area contributed by atoms with Crippen LogP contribution in [0.25, 0.3) is 27.8 Å². The molecule has 4 aromatic heterocycles. The van der Waals surface area contributed by atoms with E-state index in [1.54, 1.807) is 7.05 Å². The molecule has 6 rings (SSSR count). The topological polar surface area (TPSA) is 89.6 Å². The molecule has 2 aliphatic rings. The number of hydrogen-bond acceptors (Lipinski definition) is 6. The maximum Gasteiger partial charge on any atom is 0.129 e. The van der Waals surface area contributed by atoms with Gasteiger partial charge in [-0.05, 0) is 43.9 Å². The molecule has 2 aliphatic heterocycles. The predicted octanol–water partition coefficient (Wildman–Crippen LogP) is 3.30. The first-order valence-corrected chi connectivity index (χ1v) is 11.5. The molecule has 0 radical (unpaired) electrons. The van der Waals surface area contributed by atoms with Crippen molar-refractivity contribution in [3.63, 3.8) is 0 Å². The number of nitrogens with two attached hydrogens (primary N) is 1. The Balaban J connectivity index is 1.44. The van der Waals surface area contributed by atoms with Crippen LogP contribution in [0.5, 0.6) is 0 Å². The molecule has 2 N–H and O–H groups in total. The third-order valence-corrected chi connectivity index (χ3v) is 7.04. The minimum Gasteiger partial charge on any atom is -0.351 e. The van der Waals surface area contributed by atoms with Crippen molar-refractivity contribution in [3.05, 3.63) is 54.7 Å². The highest BCUT2D eigenvalue weighted by Crippen LogP contribution is 2.39. The number of aliphatic imine (C=N–C) groups is 1. The van der Waals surface area contributed by atoms with Gasteiger partial charge in [-0.25, -0.2) is 9.50 Å². The molecule has 0 spiro atoms. The third kappa shape index (κ3) is 3.41. The Morgan fingerprint density at radius 1 is 1.00 bits per heavy atom. The number of piperidine rings is 1. The van der Waals surface area contributed by atoms with Crippen LogP contribution in [0, 0.1) is 0 Å². The molecule has 2 saturated heterocycles. The fourth-order valence-corrected chi connectivity index (χ4v) is 5.62. The van der Waals surface area contributed by atoms with Crippen LogP contribution in [0.4, 0.5) is 5.82 Å². The highest BCUT2D eigenvalue weighted by atomic mass is 15.3. The maximum atomic E-state index is 6.27. The normalized spacial score (nSPS) is 22.6. The molecule has 33 heavy (non-hydrogen) atoms. The van der Waals surface area contributed by atoms with Crippen LogP contribution in [0.3, 0.4) is 0 Å². The molecule has 4 aromatic rings. The Morgan fingerprint density at radius 3 is 2.48 bits per heavy atom. The minimum atomic E-state index is 0.321. The fraction of sp³-hybridized carbons (Fsp3) is 0.360. The number of anilines is 1. The number of rotatable bonds is 4. The molecule has 6 heterocycles. The lowest BCUT2D eigenvalue weighted by atomic mass is 9.98. The zero-order valence-electron chi connectivity index (χ0n) is 19.0. The second-order valence-electron chi connectivity index (χ2n) is 9.25. The van der Waals surface area contributed by atoms with E-state index in [0.717, 1.165) is 52.0 Å². The van der Waals surface area contributed by atoms with Crippen molar-refractivity contribution in [2.45, 2.75) is 43.8 Å². The van der Waals surface area contributed by atoms with E-state index >= 15 is 0 Å². The number of hydrogen-bond donors (Lipinski definition) is 1. The standard InChI is InChI=1S/C25H28N8/c1-27-10-18-12-30-32-15-17(19-13-29-31(2)14-19)7-23(25(18)32)16-3-6-24(28-11-16)33-21-4-5-22(33)9-20(26)8-21/h3,6-7,10-15,20-22H,4-5,8-9,26H2,1-2H3/b27-10-/t20?,21-,22?/m1/s1. The Bertz CT molecular complexity index is 1320. The Hall–Kier alpha value is -3.52. The summed E-state index contributed by atoms with van der Waals surface area (Å²) in [6.07, 6.45) is 16.2. The molecule has 2 unspecified atom stereocenters. The van der Waals surface area contributed by atoms with Gasteiger partial charge in [-0.15, -0.1) is 0 Å². The molecule has 0 aliphatic carbocycles. The summed E-state index contributed by atoms with van der Waals surface area (Å²) in [6, 6.07) is 7.89. The average Bonchev–Trinajstić information content (AvgIpc) is 3.50. The summed E-state index contributed by atoms with van der Waals surface area (Å²) in [4.78, 5) is 11.7. The van der Waals surface area contributed by atoms with Crippen LogP contribution in [0.15, 0.2) is 54.2 Å². The van der Waals surface area contributed by atoms with Crippen LogP contribution in [0.1, 0.15) is 31.2 Å². The monoisotopic (exact) mass is 440 g/mol. The van der Waals surface area contributed by atoms with Gasteiger partial charge in [0.1, 0.15) is 5.82 Å². The number of fused-ring (bicyclic) bond motifs is 3. The summed E-state index contributed by atoms with van der Waals surface area (Å²) < 4.78 is 3.74. The van der Waals surface area contributed by atoms with Crippen molar-refractivity contribution in [2.75, 3.05) is 11.9 Å². The van der Waals surface area contributed by atoms with E-state index in [1.807, 2.05) is 53.4 Å². The Kier molecular flexibility index (Phi) is 4.76. The van der Waals surface area contributed by atoms with Crippen molar-refractivity contribution < 1.29 is 0 Å². The van der Waals surface area contributed by atoms with Gasteiger partial charge in [-0.3, -0.25) is 9.67 Å². The highest BCUT2D eigenvalue weighted by Gasteiger charge is 2.40. The first-order valence-electron chi connectivity index (χ1n) is 11.5. The van der Waals surface area contributed by atoms with Crippen LogP contribution in [-0.4, -0.2) is 55.8 Å². The maximum absolute atomic E-state index is 6.27. The van der Waals surface area contributed by atoms with Gasteiger partial charge in [0.15, 0.2) is 0 Å². The summed E-state index contributed by atoms with van der Waals surface area (Å²) >= 11 is 0. The first-order chi connectivity index (χ1) is 16.1. The summed E-state index contributed by atoms with van der Waals surface area (Å²) in [7, 11) is 3.71. The van der Waals surface area contributed by atoms with E-state index in [1.165, 1.54) is 12.8 Å². The molecule has 8 heteroatoms. The third-order valence-electron chi connectivity index (χ3n) is 7.04. The summed E-state index contributed by atoms with van der Waals surface area (Å²) in [5, 5.41) is 8.94. The molecule has 168 valence electrons. The number of pyridine rings is 2. The molecule has 2 fully saturated rings. The predicted molar refractivity (Wildman–Crippen MR) is 131 cm³/mol. The average molecular weight is 441 g/mol. The van der Waals surface area contributed by atoms with E-state index in [-0.39, 0.29) is 0 Å². The lowest BCUT2D eigenvalue weighted by Crippen LogP contribution is -2.47. The summed E-state index contributed by atoms with van der Waals surface area (Å²) in [5.74, 6) is 1.06. The highest BCUT2D eigenvalue weighted by molar-refractivity contribution is 5.97. The second kappa shape index (κ2) is 7.81.